The van der Waals surface area contributed by atoms with Crippen molar-refractivity contribution in [1.29, 1.82) is 0 Å². The molecule has 0 aliphatic heterocycles. The minimum atomic E-state index is -0.211. The number of carbonyl (C=O) groups excluding carboxylic acids is 1. The highest BCUT2D eigenvalue weighted by molar-refractivity contribution is 6.17. The second-order valence-corrected chi connectivity index (χ2v) is 4.05. The second kappa shape index (κ2) is 24.8. The molecule has 0 aliphatic rings. The molecule has 0 saturated carbocycles. The van der Waals surface area contributed by atoms with E-state index < -0.39 is 0 Å². The Bertz CT molecular complexity index is 121. The van der Waals surface area contributed by atoms with Crippen molar-refractivity contribution in [2.75, 3.05) is 12.5 Å². The van der Waals surface area contributed by atoms with E-state index in [9.17, 15) is 4.79 Å². The van der Waals surface area contributed by atoms with Gasteiger partial charge in [0.1, 0.15) is 0 Å². The van der Waals surface area contributed by atoms with E-state index in [4.69, 9.17) is 11.6 Å². The monoisotopic (exact) mass is 266 g/mol. The van der Waals surface area contributed by atoms with Crippen molar-refractivity contribution in [1.82, 2.24) is 0 Å². The van der Waals surface area contributed by atoms with Crippen LogP contribution in [0.2, 0.25) is 0 Å². The van der Waals surface area contributed by atoms with Crippen molar-refractivity contribution >= 4 is 17.6 Å². The maximum atomic E-state index is 9.82. The number of hydrogen-bond donors (Lipinski definition) is 0. The zero-order valence-corrected chi connectivity index (χ0v) is 13.1. The Morgan fingerprint density at radius 3 is 1.41 bits per heavy atom. The van der Waals surface area contributed by atoms with Crippen LogP contribution in [0, 0.1) is 0 Å². The van der Waals surface area contributed by atoms with Gasteiger partial charge in [-0.1, -0.05) is 52.9 Å². The van der Waals surface area contributed by atoms with Gasteiger partial charge >= 0.3 is 5.97 Å². The average molecular weight is 267 g/mol. The van der Waals surface area contributed by atoms with Gasteiger partial charge in [-0.25, -0.2) is 0 Å². The van der Waals surface area contributed by atoms with E-state index in [2.05, 4.69) is 25.5 Å². The van der Waals surface area contributed by atoms with Crippen molar-refractivity contribution in [3.8, 4) is 0 Å². The van der Waals surface area contributed by atoms with Gasteiger partial charge in [-0.15, -0.1) is 11.6 Å². The summed E-state index contributed by atoms with van der Waals surface area (Å²) in [6.07, 6.45) is 7.90. The quantitative estimate of drug-likeness (QED) is 0.376. The molecule has 0 aromatic rings. The molecule has 106 valence electrons. The summed E-state index contributed by atoms with van der Waals surface area (Å²) in [4.78, 5) is 9.82. The van der Waals surface area contributed by atoms with Gasteiger partial charge in [0.15, 0.2) is 0 Å². The molecule has 0 saturated heterocycles. The van der Waals surface area contributed by atoms with E-state index in [1.165, 1.54) is 39.0 Å². The van der Waals surface area contributed by atoms with Crippen LogP contribution < -0.4 is 0 Å². The normalized spacial score (nSPS) is 8.35. The molecule has 0 aromatic carbocycles. The van der Waals surface area contributed by atoms with Crippen molar-refractivity contribution in [3.05, 3.63) is 0 Å². The van der Waals surface area contributed by atoms with E-state index in [1.807, 2.05) is 0 Å². The molecule has 0 aliphatic carbocycles. The molecule has 0 atom stereocenters. The highest BCUT2D eigenvalue weighted by Gasteiger charge is 1.81. The number of alkyl halides is 1. The van der Waals surface area contributed by atoms with Crippen molar-refractivity contribution in [2.24, 2.45) is 0 Å². The third-order valence-corrected chi connectivity index (χ3v) is 2.06. The van der Waals surface area contributed by atoms with Gasteiger partial charge in [-0.05, 0) is 13.3 Å². The number of unbranched alkanes of at least 4 members (excludes halogenated alkanes) is 4. The van der Waals surface area contributed by atoms with Crippen LogP contribution in [0.3, 0.4) is 0 Å². The van der Waals surface area contributed by atoms with Crippen LogP contribution in [0.15, 0.2) is 0 Å². The van der Waals surface area contributed by atoms with Crippen LogP contribution >= 0.6 is 11.6 Å². The van der Waals surface area contributed by atoms with Gasteiger partial charge in [0.05, 0.1) is 6.61 Å². The number of esters is 1. The summed E-state index contributed by atoms with van der Waals surface area (Å²) in [5, 5.41) is 0. The topological polar surface area (TPSA) is 26.3 Å². The molecule has 0 unspecified atom stereocenters. The fraction of sp³-hybridized carbons (Fsp3) is 0.929. The molecule has 0 aromatic heterocycles. The molecule has 0 rings (SSSR count). The summed E-state index contributed by atoms with van der Waals surface area (Å²) in [5.74, 6) is 0.605. The van der Waals surface area contributed by atoms with Gasteiger partial charge in [0.2, 0.25) is 0 Å². The number of hydrogen-bond acceptors (Lipinski definition) is 2. The minimum absolute atomic E-state index is 0.211. The lowest BCUT2D eigenvalue weighted by molar-refractivity contribution is -0.140. The Balaban J connectivity index is -0.000000174. The molecular formula is C14H31ClO2. The molecule has 17 heavy (non-hydrogen) atoms. The fourth-order valence-corrected chi connectivity index (χ4v) is 1.10. The lowest BCUT2D eigenvalue weighted by Gasteiger charge is -1.89. The number of halogens is 1. The lowest BCUT2D eigenvalue weighted by atomic mass is 10.2. The van der Waals surface area contributed by atoms with Crippen LogP contribution in [0.4, 0.5) is 0 Å². The molecule has 0 bridgehead atoms. The minimum Gasteiger partial charge on any atom is -0.466 e. The highest BCUT2D eigenvalue weighted by atomic mass is 35.5. The highest BCUT2D eigenvalue weighted by Crippen LogP contribution is 1.95. The summed E-state index contributed by atoms with van der Waals surface area (Å²) in [6.45, 7) is 10.2. The Kier molecular flexibility index (Phi) is 32.1. The first kappa shape index (κ1) is 22.0. The van der Waals surface area contributed by atoms with Crippen molar-refractivity contribution in [2.45, 2.75) is 73.1 Å². The first-order chi connectivity index (χ1) is 8.10. The molecule has 0 fully saturated rings. The Labute approximate surface area is 113 Å². The summed E-state index contributed by atoms with van der Waals surface area (Å²) in [6, 6.07) is 0. The Morgan fingerprint density at radius 1 is 0.941 bits per heavy atom. The van der Waals surface area contributed by atoms with Crippen LogP contribution in [-0.4, -0.2) is 18.5 Å². The molecule has 2 nitrogen and oxygen atoms in total. The summed E-state index contributed by atoms with van der Waals surface area (Å²) < 4.78 is 4.40. The van der Waals surface area contributed by atoms with E-state index in [1.54, 1.807) is 6.92 Å². The number of carbonyl (C=O) groups is 1. The van der Waals surface area contributed by atoms with Gasteiger partial charge in [-0.3, -0.25) is 4.79 Å². The second-order valence-electron chi connectivity index (χ2n) is 3.67. The van der Waals surface area contributed by atoms with E-state index >= 15 is 0 Å². The Hall–Kier alpha value is -0.240. The smallest absolute Gasteiger partial charge is 0.302 e. The summed E-state index contributed by atoms with van der Waals surface area (Å²) in [7, 11) is 0. The third kappa shape index (κ3) is 49.6. The molecular weight excluding hydrogens is 236 g/mol. The molecule has 0 radical (unpaired) electrons. The van der Waals surface area contributed by atoms with Crippen LogP contribution in [0.25, 0.3) is 0 Å². The first-order valence-corrected chi connectivity index (χ1v) is 7.33. The SMILES string of the molecule is CCCCCC.CCCCCl.CCOC(C)=O. The molecule has 0 N–H and O–H groups in total. The van der Waals surface area contributed by atoms with E-state index in [-0.39, 0.29) is 5.97 Å². The lowest BCUT2D eigenvalue weighted by Crippen LogP contribution is -1.95. The van der Waals surface area contributed by atoms with E-state index in [0.29, 0.717) is 6.61 Å². The van der Waals surface area contributed by atoms with Gasteiger partial charge in [0, 0.05) is 12.8 Å². The zero-order valence-electron chi connectivity index (χ0n) is 12.4. The first-order valence-electron chi connectivity index (χ1n) is 6.79. The number of ether oxygens (including phenoxy) is 1. The van der Waals surface area contributed by atoms with Crippen molar-refractivity contribution < 1.29 is 9.53 Å². The van der Waals surface area contributed by atoms with Crippen LogP contribution in [-0.2, 0) is 9.53 Å². The zero-order chi connectivity index (χ0) is 13.9. The van der Waals surface area contributed by atoms with Gasteiger partial charge < -0.3 is 4.74 Å². The molecule has 0 amide bonds. The van der Waals surface area contributed by atoms with Crippen LogP contribution in [0.1, 0.15) is 73.1 Å². The molecule has 3 heteroatoms. The third-order valence-electron chi connectivity index (χ3n) is 1.79. The van der Waals surface area contributed by atoms with E-state index in [0.717, 1.165) is 12.3 Å². The maximum absolute atomic E-state index is 9.82. The number of rotatable bonds is 6. The maximum Gasteiger partial charge on any atom is 0.302 e. The Morgan fingerprint density at radius 2 is 1.35 bits per heavy atom. The fourth-order valence-electron chi connectivity index (χ4n) is 0.837. The van der Waals surface area contributed by atoms with Gasteiger partial charge in [0.25, 0.3) is 0 Å². The standard InChI is InChI=1S/C6H14.C4H9Cl.C4H8O2/c1-3-5-6-4-2;1-2-3-4-5;1-3-6-4(2)5/h3-6H2,1-2H3;2-4H2,1H3;3H2,1-2H3. The summed E-state index contributed by atoms with van der Waals surface area (Å²) >= 11 is 5.30. The molecule has 0 heterocycles. The van der Waals surface area contributed by atoms with Crippen molar-refractivity contribution in [3.63, 3.8) is 0 Å². The predicted octanol–water partition coefficient (Wildman–Crippen LogP) is 5.18. The van der Waals surface area contributed by atoms with Crippen LogP contribution in [0.5, 0.6) is 0 Å². The van der Waals surface area contributed by atoms with Gasteiger partial charge in [-0.2, -0.15) is 0 Å². The molecule has 0 spiro atoms. The summed E-state index contributed by atoms with van der Waals surface area (Å²) in [5.41, 5.74) is 0. The predicted molar refractivity (Wildman–Crippen MR) is 77.8 cm³/mol. The largest absolute Gasteiger partial charge is 0.466 e. The average Bonchev–Trinajstić information content (AvgIpc) is 2.29.